The molecule has 0 aliphatic carbocycles. The maximum absolute atomic E-state index is 4.65. The Hall–Kier alpha value is -0.820. The van der Waals surface area contributed by atoms with Gasteiger partial charge in [-0.1, -0.05) is 37.3 Å². The average Bonchev–Trinajstić information content (AvgIpc) is 2.55. The Kier molecular flexibility index (Phi) is 13.1. The minimum absolute atomic E-state index is 0. The molecule has 0 aliphatic rings. The van der Waals surface area contributed by atoms with E-state index < -0.39 is 0 Å². The smallest absolute Gasteiger partial charge is 0.191 e. The van der Waals surface area contributed by atoms with Crippen LogP contribution in [0.2, 0.25) is 0 Å². The largest absolute Gasteiger partial charge is 0.357 e. The molecule has 1 aromatic carbocycles. The molecule has 0 heterocycles. The lowest BCUT2D eigenvalue weighted by molar-refractivity contribution is 0.259. The van der Waals surface area contributed by atoms with Gasteiger partial charge in [-0.15, -0.1) is 24.0 Å². The number of benzene rings is 1. The van der Waals surface area contributed by atoms with Crippen LogP contribution < -0.4 is 10.6 Å². The van der Waals surface area contributed by atoms with Gasteiger partial charge in [0.25, 0.3) is 0 Å². The summed E-state index contributed by atoms with van der Waals surface area (Å²) in [6.45, 7) is 10.2. The predicted molar refractivity (Wildman–Crippen MR) is 112 cm³/mol. The van der Waals surface area contributed by atoms with Crippen molar-refractivity contribution in [2.75, 3.05) is 33.2 Å². The van der Waals surface area contributed by atoms with Crippen LogP contribution in [-0.2, 0) is 6.42 Å². The highest BCUT2D eigenvalue weighted by Gasteiger charge is 2.05. The quantitative estimate of drug-likeness (QED) is 0.358. The average molecular weight is 432 g/mol. The van der Waals surface area contributed by atoms with E-state index >= 15 is 0 Å². The first-order valence-corrected chi connectivity index (χ1v) is 8.43. The molecule has 23 heavy (non-hydrogen) atoms. The third-order valence-electron chi connectivity index (χ3n) is 3.96. The molecule has 4 nitrogen and oxygen atoms in total. The Morgan fingerprint density at radius 3 is 2.48 bits per heavy atom. The molecule has 0 saturated heterocycles. The number of nitrogens with zero attached hydrogens (tertiary/aromatic N) is 2. The van der Waals surface area contributed by atoms with Gasteiger partial charge < -0.3 is 15.5 Å². The molecule has 0 aromatic heterocycles. The van der Waals surface area contributed by atoms with Gasteiger partial charge in [-0.05, 0) is 39.3 Å². The van der Waals surface area contributed by atoms with Crippen LogP contribution in [0.1, 0.15) is 32.8 Å². The Bertz CT molecular complexity index is 422. The molecule has 1 unspecified atom stereocenters. The van der Waals surface area contributed by atoms with Crippen LogP contribution >= 0.6 is 24.0 Å². The molecule has 132 valence electrons. The lowest BCUT2D eigenvalue weighted by Crippen LogP contribution is -2.39. The van der Waals surface area contributed by atoms with Gasteiger partial charge in [0.2, 0.25) is 0 Å². The predicted octanol–water partition coefficient (Wildman–Crippen LogP) is 3.13. The van der Waals surface area contributed by atoms with E-state index in [0.717, 1.165) is 38.6 Å². The molecule has 1 atom stereocenters. The molecule has 0 bridgehead atoms. The first-order valence-electron chi connectivity index (χ1n) is 8.43. The third-order valence-corrected chi connectivity index (χ3v) is 3.96. The van der Waals surface area contributed by atoms with E-state index in [1.807, 2.05) is 0 Å². The van der Waals surface area contributed by atoms with E-state index in [4.69, 9.17) is 0 Å². The molecule has 2 N–H and O–H groups in total. The molecule has 0 aliphatic heterocycles. The number of guanidine groups is 1. The zero-order valence-corrected chi connectivity index (χ0v) is 17.3. The number of likely N-dealkylation sites (N-methyl/N-ethyl adjacent to an activating group) is 1. The van der Waals surface area contributed by atoms with Crippen LogP contribution in [0.4, 0.5) is 0 Å². The van der Waals surface area contributed by atoms with Gasteiger partial charge in [0, 0.05) is 25.7 Å². The van der Waals surface area contributed by atoms with Crippen molar-refractivity contribution in [2.24, 2.45) is 4.99 Å². The molecular weight excluding hydrogens is 399 g/mol. The van der Waals surface area contributed by atoms with E-state index in [9.17, 15) is 0 Å². The van der Waals surface area contributed by atoms with Gasteiger partial charge in [0.05, 0.1) is 6.54 Å². The Morgan fingerprint density at radius 2 is 1.87 bits per heavy atom. The first-order chi connectivity index (χ1) is 10.7. The number of aliphatic imine (C=N–C) groups is 1. The van der Waals surface area contributed by atoms with Crippen LogP contribution in [0.25, 0.3) is 0 Å². The topological polar surface area (TPSA) is 39.7 Å². The highest BCUT2D eigenvalue weighted by atomic mass is 127. The van der Waals surface area contributed by atoms with E-state index in [1.165, 1.54) is 12.0 Å². The lowest BCUT2D eigenvalue weighted by Gasteiger charge is -2.22. The number of nitrogens with one attached hydrogen (secondary N) is 2. The van der Waals surface area contributed by atoms with Crippen molar-refractivity contribution in [1.29, 1.82) is 0 Å². The van der Waals surface area contributed by atoms with Crippen LogP contribution in [0, 0.1) is 0 Å². The number of hydrogen-bond donors (Lipinski definition) is 2. The fourth-order valence-corrected chi connectivity index (χ4v) is 2.16. The van der Waals surface area contributed by atoms with Gasteiger partial charge >= 0.3 is 0 Å². The minimum Gasteiger partial charge on any atom is -0.357 e. The van der Waals surface area contributed by atoms with Crippen molar-refractivity contribution >= 4 is 29.9 Å². The van der Waals surface area contributed by atoms with Gasteiger partial charge in [-0.25, -0.2) is 0 Å². The highest BCUT2D eigenvalue weighted by molar-refractivity contribution is 14.0. The van der Waals surface area contributed by atoms with Crippen molar-refractivity contribution in [3.63, 3.8) is 0 Å². The van der Waals surface area contributed by atoms with Crippen LogP contribution in [0.3, 0.4) is 0 Å². The molecule has 0 amide bonds. The molecule has 0 radical (unpaired) electrons. The van der Waals surface area contributed by atoms with Crippen molar-refractivity contribution in [3.8, 4) is 0 Å². The van der Waals surface area contributed by atoms with Crippen molar-refractivity contribution in [3.05, 3.63) is 35.9 Å². The number of rotatable bonds is 9. The van der Waals surface area contributed by atoms with Gasteiger partial charge in [0.1, 0.15) is 0 Å². The summed E-state index contributed by atoms with van der Waals surface area (Å²) >= 11 is 0. The molecule has 5 heteroatoms. The van der Waals surface area contributed by atoms with Gasteiger partial charge in [-0.2, -0.15) is 0 Å². The molecule has 0 saturated carbocycles. The highest BCUT2D eigenvalue weighted by Crippen LogP contribution is 1.99. The Labute approximate surface area is 159 Å². The Morgan fingerprint density at radius 1 is 1.17 bits per heavy atom. The summed E-state index contributed by atoms with van der Waals surface area (Å²) in [6, 6.07) is 11.2. The zero-order valence-electron chi connectivity index (χ0n) is 15.0. The van der Waals surface area contributed by atoms with Crippen LogP contribution in [0.5, 0.6) is 0 Å². The van der Waals surface area contributed by atoms with E-state index in [2.05, 4.69) is 78.7 Å². The zero-order chi connectivity index (χ0) is 16.2. The van der Waals surface area contributed by atoms with Gasteiger partial charge in [0.15, 0.2) is 5.96 Å². The van der Waals surface area contributed by atoms with E-state index in [0.29, 0.717) is 6.04 Å². The second-order valence-electron chi connectivity index (χ2n) is 5.66. The number of hydrogen-bond acceptors (Lipinski definition) is 2. The van der Waals surface area contributed by atoms with E-state index in [-0.39, 0.29) is 24.0 Å². The summed E-state index contributed by atoms with van der Waals surface area (Å²) < 4.78 is 0. The second kappa shape index (κ2) is 13.6. The summed E-state index contributed by atoms with van der Waals surface area (Å²) in [5.41, 5.74) is 1.35. The molecule has 1 rings (SSSR count). The summed E-state index contributed by atoms with van der Waals surface area (Å²) in [7, 11) is 2.17. The monoisotopic (exact) mass is 432 g/mol. The Balaban J connectivity index is 0.00000484. The molecular formula is C18H33IN4. The molecule has 0 spiro atoms. The fourth-order valence-electron chi connectivity index (χ4n) is 2.16. The van der Waals surface area contributed by atoms with E-state index in [1.54, 1.807) is 0 Å². The van der Waals surface area contributed by atoms with Gasteiger partial charge in [-0.3, -0.25) is 4.99 Å². The lowest BCUT2D eigenvalue weighted by atomic mass is 10.1. The van der Waals surface area contributed by atoms with Crippen LogP contribution in [0.15, 0.2) is 35.3 Å². The summed E-state index contributed by atoms with van der Waals surface area (Å²) in [5.74, 6) is 0.913. The normalized spacial score (nSPS) is 12.7. The van der Waals surface area contributed by atoms with Crippen molar-refractivity contribution in [2.45, 2.75) is 39.7 Å². The number of halogens is 1. The molecule has 1 aromatic rings. The maximum atomic E-state index is 4.65. The first kappa shape index (κ1) is 22.2. The standard InChI is InChI=1S/C18H32N4.HI/c1-5-16(3)22(4)15-14-21-18(19-6-2)20-13-12-17-10-8-7-9-11-17;/h7-11,16H,5-6,12-15H2,1-4H3,(H2,19,20,21);1H. The molecule has 0 fully saturated rings. The maximum Gasteiger partial charge on any atom is 0.191 e. The SMILES string of the molecule is CCNC(=NCCN(C)C(C)CC)NCCc1ccccc1.I. The summed E-state index contributed by atoms with van der Waals surface area (Å²) in [6.07, 6.45) is 2.19. The van der Waals surface area contributed by atoms with Crippen LogP contribution in [-0.4, -0.2) is 50.1 Å². The van der Waals surface area contributed by atoms with Crippen molar-refractivity contribution in [1.82, 2.24) is 15.5 Å². The third kappa shape index (κ3) is 9.81. The fraction of sp³-hybridized carbons (Fsp3) is 0.611. The second-order valence-corrected chi connectivity index (χ2v) is 5.66. The minimum atomic E-state index is 0. The summed E-state index contributed by atoms with van der Waals surface area (Å²) in [4.78, 5) is 7.01. The summed E-state index contributed by atoms with van der Waals surface area (Å²) in [5, 5.41) is 6.71. The van der Waals surface area contributed by atoms with Crippen molar-refractivity contribution < 1.29 is 0 Å².